The van der Waals surface area contributed by atoms with Crippen LogP contribution in [0, 0.1) is 5.82 Å². The lowest BCUT2D eigenvalue weighted by atomic mass is 10.1. The Kier molecular flexibility index (Phi) is 7.90. The van der Waals surface area contributed by atoms with Gasteiger partial charge in [0.15, 0.2) is 0 Å². The van der Waals surface area contributed by atoms with Crippen molar-refractivity contribution < 1.29 is 13.9 Å². The molecule has 0 bridgehead atoms. The van der Waals surface area contributed by atoms with E-state index in [0.717, 1.165) is 32.6 Å². The van der Waals surface area contributed by atoms with Crippen LogP contribution in [-0.4, -0.2) is 77.3 Å². The third kappa shape index (κ3) is 6.40. The maximum atomic E-state index is 14.5. The van der Waals surface area contributed by atoms with Crippen LogP contribution in [0.5, 0.6) is 0 Å². The van der Waals surface area contributed by atoms with Crippen molar-refractivity contribution in [1.29, 1.82) is 0 Å². The summed E-state index contributed by atoms with van der Waals surface area (Å²) in [6, 6.07) is 9.57. The largest absolute Gasteiger partial charge is 0.372 e. The van der Waals surface area contributed by atoms with Gasteiger partial charge in [-0.3, -0.25) is 4.79 Å². The first-order chi connectivity index (χ1) is 17.9. The van der Waals surface area contributed by atoms with Gasteiger partial charge in [0.25, 0.3) is 0 Å². The number of hydrogen-bond donors (Lipinski definition) is 2. The van der Waals surface area contributed by atoms with E-state index in [9.17, 15) is 9.18 Å². The van der Waals surface area contributed by atoms with Crippen LogP contribution in [0.25, 0.3) is 11.3 Å². The Morgan fingerprint density at radius 1 is 1.16 bits per heavy atom. The van der Waals surface area contributed by atoms with E-state index < -0.39 is 5.82 Å². The minimum Gasteiger partial charge on any atom is -0.372 e. The van der Waals surface area contributed by atoms with Gasteiger partial charge >= 0.3 is 0 Å². The van der Waals surface area contributed by atoms with Gasteiger partial charge in [-0.25, -0.2) is 9.37 Å². The number of amides is 1. The molecular formula is C26H29ClFN7O2. The fourth-order valence-corrected chi connectivity index (χ4v) is 4.46. The first-order valence-corrected chi connectivity index (χ1v) is 12.7. The molecule has 4 heterocycles. The Hall–Kier alpha value is -3.18. The minimum atomic E-state index is -0.442. The summed E-state index contributed by atoms with van der Waals surface area (Å²) in [4.78, 5) is 21.4. The number of nitrogens with zero attached hydrogens (tertiary/aromatic N) is 5. The summed E-state index contributed by atoms with van der Waals surface area (Å²) in [6.45, 7) is 5.33. The van der Waals surface area contributed by atoms with Crippen molar-refractivity contribution in [2.45, 2.75) is 18.9 Å². The molecule has 2 saturated heterocycles. The fourth-order valence-electron chi connectivity index (χ4n) is 4.28. The minimum absolute atomic E-state index is 0.0866. The number of nitrogens with one attached hydrogen (secondary N) is 2. The number of benzene rings is 1. The van der Waals surface area contributed by atoms with E-state index in [0.29, 0.717) is 53.2 Å². The molecule has 1 unspecified atom stereocenters. The molecule has 1 atom stereocenters. The topological polar surface area (TPSA) is 95.5 Å². The SMILES string of the molecule is CN1CCN(CCC(=O)Nc2cc(Nc3cc(-c4cc(Cl)ccc4F)nnc3C3CCO3)ccn2)CC1. The average Bonchev–Trinajstić information content (AvgIpc) is 2.85. The highest BCUT2D eigenvalue weighted by atomic mass is 35.5. The molecule has 2 N–H and O–H groups in total. The van der Waals surface area contributed by atoms with E-state index in [2.05, 4.69) is 42.7 Å². The number of hydrogen-bond acceptors (Lipinski definition) is 8. The predicted molar refractivity (Wildman–Crippen MR) is 140 cm³/mol. The Morgan fingerprint density at radius 3 is 2.73 bits per heavy atom. The molecule has 194 valence electrons. The number of anilines is 3. The smallest absolute Gasteiger partial charge is 0.226 e. The van der Waals surface area contributed by atoms with Crippen molar-refractivity contribution >= 4 is 34.7 Å². The van der Waals surface area contributed by atoms with Gasteiger partial charge in [0, 0.05) is 74.1 Å². The van der Waals surface area contributed by atoms with Gasteiger partial charge in [-0.05, 0) is 37.4 Å². The molecule has 0 aliphatic carbocycles. The van der Waals surface area contributed by atoms with Gasteiger partial charge in [-0.1, -0.05) is 11.6 Å². The van der Waals surface area contributed by atoms with Crippen LogP contribution >= 0.6 is 11.6 Å². The molecule has 2 aliphatic heterocycles. The first-order valence-electron chi connectivity index (χ1n) is 12.3. The maximum absolute atomic E-state index is 14.5. The molecule has 1 aromatic carbocycles. The van der Waals surface area contributed by atoms with Crippen LogP contribution < -0.4 is 10.6 Å². The summed E-state index contributed by atoms with van der Waals surface area (Å²) < 4.78 is 20.1. The Bertz CT molecular complexity index is 1270. The van der Waals surface area contributed by atoms with Crippen molar-refractivity contribution in [2.75, 3.05) is 57.0 Å². The molecule has 11 heteroatoms. The number of halogens is 2. The molecule has 2 fully saturated rings. The lowest BCUT2D eigenvalue weighted by Crippen LogP contribution is -2.45. The third-order valence-corrected chi connectivity index (χ3v) is 6.82. The number of rotatable bonds is 8. The molecule has 37 heavy (non-hydrogen) atoms. The van der Waals surface area contributed by atoms with Gasteiger partial charge in [-0.2, -0.15) is 5.10 Å². The van der Waals surface area contributed by atoms with Gasteiger partial charge in [0.05, 0.1) is 18.0 Å². The summed E-state index contributed by atoms with van der Waals surface area (Å²) >= 11 is 6.08. The Labute approximate surface area is 220 Å². The molecule has 9 nitrogen and oxygen atoms in total. The first kappa shape index (κ1) is 25.5. The Balaban J connectivity index is 1.30. The van der Waals surface area contributed by atoms with Crippen LogP contribution in [0.2, 0.25) is 5.02 Å². The summed E-state index contributed by atoms with van der Waals surface area (Å²) in [5, 5.41) is 15.2. The van der Waals surface area contributed by atoms with E-state index in [1.165, 1.54) is 18.2 Å². The van der Waals surface area contributed by atoms with E-state index in [-0.39, 0.29) is 17.6 Å². The summed E-state index contributed by atoms with van der Waals surface area (Å²) in [5.41, 5.74) is 2.55. The number of likely N-dealkylation sites (N-methyl/N-ethyl adjacent to an activating group) is 1. The summed E-state index contributed by atoms with van der Waals surface area (Å²) in [5.74, 6) is -0.0860. The maximum Gasteiger partial charge on any atom is 0.226 e. The van der Waals surface area contributed by atoms with Crippen molar-refractivity contribution in [3.05, 3.63) is 59.1 Å². The van der Waals surface area contributed by atoms with Crippen LogP contribution in [0.15, 0.2) is 42.6 Å². The third-order valence-electron chi connectivity index (χ3n) is 6.59. The molecular weight excluding hydrogens is 497 g/mol. The zero-order valence-corrected chi connectivity index (χ0v) is 21.3. The van der Waals surface area contributed by atoms with Crippen molar-refractivity contribution in [1.82, 2.24) is 25.0 Å². The number of piperazine rings is 1. The lowest BCUT2D eigenvalue weighted by molar-refractivity contribution is -0.116. The molecule has 0 spiro atoms. The highest BCUT2D eigenvalue weighted by molar-refractivity contribution is 6.30. The van der Waals surface area contributed by atoms with Crippen LogP contribution in [0.1, 0.15) is 24.6 Å². The molecule has 5 rings (SSSR count). The van der Waals surface area contributed by atoms with E-state index in [1.807, 2.05) is 0 Å². The Morgan fingerprint density at radius 2 is 1.97 bits per heavy atom. The van der Waals surface area contributed by atoms with Gasteiger partial charge in [0.2, 0.25) is 5.91 Å². The highest BCUT2D eigenvalue weighted by Crippen LogP contribution is 2.36. The monoisotopic (exact) mass is 525 g/mol. The van der Waals surface area contributed by atoms with Crippen molar-refractivity contribution in [3.63, 3.8) is 0 Å². The van der Waals surface area contributed by atoms with Gasteiger partial charge in [-0.15, -0.1) is 5.10 Å². The summed E-state index contributed by atoms with van der Waals surface area (Å²) in [7, 11) is 2.11. The number of aromatic nitrogens is 3. The van der Waals surface area contributed by atoms with Gasteiger partial charge in [0.1, 0.15) is 23.4 Å². The highest BCUT2D eigenvalue weighted by Gasteiger charge is 2.26. The second-order valence-electron chi connectivity index (χ2n) is 9.30. The molecule has 0 radical (unpaired) electrons. The zero-order valence-electron chi connectivity index (χ0n) is 20.6. The predicted octanol–water partition coefficient (Wildman–Crippen LogP) is 4.11. The number of pyridine rings is 1. The quantitative estimate of drug-likeness (QED) is 0.453. The van der Waals surface area contributed by atoms with E-state index >= 15 is 0 Å². The lowest BCUT2D eigenvalue weighted by Gasteiger charge is -2.32. The average molecular weight is 526 g/mol. The molecule has 3 aromatic rings. The zero-order chi connectivity index (χ0) is 25.8. The molecule has 1 amide bonds. The number of ether oxygens (including phenoxy) is 1. The number of carbonyl (C=O) groups excluding carboxylic acids is 1. The summed E-state index contributed by atoms with van der Waals surface area (Å²) in [6.07, 6.45) is 2.64. The van der Waals surface area contributed by atoms with Crippen LogP contribution in [-0.2, 0) is 9.53 Å². The molecule has 0 saturated carbocycles. The van der Waals surface area contributed by atoms with Crippen LogP contribution in [0.3, 0.4) is 0 Å². The second-order valence-corrected chi connectivity index (χ2v) is 9.74. The molecule has 2 aromatic heterocycles. The van der Waals surface area contributed by atoms with Crippen molar-refractivity contribution in [3.8, 4) is 11.3 Å². The second kappa shape index (κ2) is 11.5. The normalized spacial score (nSPS) is 18.3. The molecule has 2 aliphatic rings. The van der Waals surface area contributed by atoms with E-state index in [4.69, 9.17) is 16.3 Å². The van der Waals surface area contributed by atoms with Crippen LogP contribution in [0.4, 0.5) is 21.6 Å². The number of carbonyl (C=O) groups is 1. The fraction of sp³-hybridized carbons (Fsp3) is 0.385. The van der Waals surface area contributed by atoms with Crippen molar-refractivity contribution in [2.24, 2.45) is 0 Å². The van der Waals surface area contributed by atoms with E-state index in [1.54, 1.807) is 24.4 Å². The van der Waals surface area contributed by atoms with Gasteiger partial charge < -0.3 is 25.2 Å². The standard InChI is InChI=1S/C26H29ClFN7O2/c1-34-9-11-35(12-10-34)8-5-25(36)31-24-15-18(4-7-29-24)30-22-16-21(19-14-17(27)2-3-20(19)28)32-33-26(22)23-6-13-37-23/h2-4,7,14-16,23H,5-6,8-13H2,1H3,(H2,29,30,31,32,36).